The topological polar surface area (TPSA) is 59.0 Å². The second kappa shape index (κ2) is 4.37. The van der Waals surface area contributed by atoms with Crippen LogP contribution in [0.3, 0.4) is 0 Å². The van der Waals surface area contributed by atoms with Gasteiger partial charge in [-0.05, 0) is 31.2 Å². The standard InChI is InChI=1S/C11H14N2O3S/c1-9-12-7-8-13(9)17(14,15)11-5-3-10(16-2)4-6-11/h3-6H,7-8H2,1-2H3. The SMILES string of the molecule is COc1ccc(S(=O)(=O)N2CCN=C2C)cc1. The fourth-order valence-electron chi connectivity index (χ4n) is 1.71. The second-order valence-corrected chi connectivity index (χ2v) is 5.54. The maximum absolute atomic E-state index is 12.2. The Morgan fingerprint density at radius 1 is 1.29 bits per heavy atom. The molecule has 1 aromatic carbocycles. The van der Waals surface area contributed by atoms with Crippen LogP contribution in [0.15, 0.2) is 34.2 Å². The lowest BCUT2D eigenvalue weighted by Crippen LogP contribution is -2.32. The minimum atomic E-state index is -3.47. The van der Waals surface area contributed by atoms with Crippen LogP contribution in [-0.2, 0) is 10.0 Å². The number of aliphatic imine (C=N–C) groups is 1. The van der Waals surface area contributed by atoms with Crippen molar-refractivity contribution < 1.29 is 13.2 Å². The summed E-state index contributed by atoms with van der Waals surface area (Å²) in [7, 11) is -1.92. The van der Waals surface area contributed by atoms with Gasteiger partial charge in [0.15, 0.2) is 0 Å². The molecule has 6 heteroatoms. The van der Waals surface area contributed by atoms with Crippen LogP contribution in [-0.4, -0.2) is 38.8 Å². The van der Waals surface area contributed by atoms with Crippen molar-refractivity contribution in [3.63, 3.8) is 0 Å². The summed E-state index contributed by atoms with van der Waals surface area (Å²) in [6.45, 7) is 2.65. The molecule has 5 nitrogen and oxygen atoms in total. The van der Waals surface area contributed by atoms with E-state index in [1.165, 1.54) is 4.31 Å². The molecule has 1 aliphatic heterocycles. The molecule has 0 aliphatic carbocycles. The number of ether oxygens (including phenoxy) is 1. The maximum atomic E-state index is 12.2. The summed E-state index contributed by atoms with van der Waals surface area (Å²) >= 11 is 0. The van der Waals surface area contributed by atoms with E-state index < -0.39 is 10.0 Å². The van der Waals surface area contributed by atoms with Gasteiger partial charge in [0.1, 0.15) is 11.6 Å². The van der Waals surface area contributed by atoms with E-state index >= 15 is 0 Å². The Morgan fingerprint density at radius 2 is 1.94 bits per heavy atom. The van der Waals surface area contributed by atoms with Gasteiger partial charge >= 0.3 is 0 Å². The van der Waals surface area contributed by atoms with Crippen molar-refractivity contribution in [1.82, 2.24) is 4.31 Å². The maximum Gasteiger partial charge on any atom is 0.265 e. The zero-order valence-electron chi connectivity index (χ0n) is 9.75. The number of sulfonamides is 1. The summed E-state index contributed by atoms with van der Waals surface area (Å²) in [6.07, 6.45) is 0. The molecule has 2 rings (SSSR count). The zero-order valence-corrected chi connectivity index (χ0v) is 10.6. The van der Waals surface area contributed by atoms with E-state index in [1.807, 2.05) is 0 Å². The zero-order chi connectivity index (χ0) is 12.5. The van der Waals surface area contributed by atoms with Gasteiger partial charge in [-0.2, -0.15) is 0 Å². The number of amidine groups is 1. The molecule has 0 atom stereocenters. The summed E-state index contributed by atoms with van der Waals surface area (Å²) in [5, 5.41) is 0. The second-order valence-electron chi connectivity index (χ2n) is 3.68. The van der Waals surface area contributed by atoms with Crippen LogP contribution in [0.5, 0.6) is 5.75 Å². The first kappa shape index (κ1) is 11.9. The third-order valence-electron chi connectivity index (χ3n) is 2.65. The molecule has 0 N–H and O–H groups in total. The molecule has 17 heavy (non-hydrogen) atoms. The van der Waals surface area contributed by atoms with Crippen molar-refractivity contribution in [2.24, 2.45) is 4.99 Å². The Balaban J connectivity index is 2.34. The van der Waals surface area contributed by atoms with Crippen molar-refractivity contribution in [2.45, 2.75) is 11.8 Å². The molecule has 1 aromatic rings. The minimum absolute atomic E-state index is 0.259. The highest BCUT2D eigenvalue weighted by molar-refractivity contribution is 7.89. The number of hydrogen-bond donors (Lipinski definition) is 0. The van der Waals surface area contributed by atoms with Gasteiger partial charge in [0.25, 0.3) is 10.0 Å². The summed E-state index contributed by atoms with van der Waals surface area (Å²) in [4.78, 5) is 4.34. The van der Waals surface area contributed by atoms with Gasteiger partial charge in [0.05, 0.1) is 25.1 Å². The molecule has 0 saturated heterocycles. The largest absolute Gasteiger partial charge is 0.497 e. The van der Waals surface area contributed by atoms with E-state index in [9.17, 15) is 8.42 Å². The van der Waals surface area contributed by atoms with Gasteiger partial charge in [0.2, 0.25) is 0 Å². The molecule has 0 unspecified atom stereocenters. The molecule has 0 radical (unpaired) electrons. The molecule has 0 spiro atoms. The van der Waals surface area contributed by atoms with Gasteiger partial charge in [-0.1, -0.05) is 0 Å². The van der Waals surface area contributed by atoms with Gasteiger partial charge in [-0.25, -0.2) is 8.42 Å². The fraction of sp³-hybridized carbons (Fsp3) is 0.364. The number of nitrogens with zero attached hydrogens (tertiary/aromatic N) is 2. The quantitative estimate of drug-likeness (QED) is 0.812. The molecule has 92 valence electrons. The Hall–Kier alpha value is -1.56. The molecule has 0 amide bonds. The summed E-state index contributed by atoms with van der Waals surface area (Å²) < 4.78 is 30.8. The Labute approximate surface area is 101 Å². The summed E-state index contributed by atoms with van der Waals surface area (Å²) in [5.74, 6) is 1.18. The van der Waals surface area contributed by atoms with Crippen LogP contribution in [0.25, 0.3) is 0 Å². The van der Waals surface area contributed by atoms with Crippen LogP contribution in [0.1, 0.15) is 6.92 Å². The first-order valence-electron chi connectivity index (χ1n) is 5.23. The van der Waals surface area contributed by atoms with E-state index in [2.05, 4.69) is 4.99 Å². The lowest BCUT2D eigenvalue weighted by atomic mass is 10.3. The number of hydrogen-bond acceptors (Lipinski definition) is 4. The predicted molar refractivity (Wildman–Crippen MR) is 64.9 cm³/mol. The van der Waals surface area contributed by atoms with Crippen LogP contribution >= 0.6 is 0 Å². The van der Waals surface area contributed by atoms with Crippen molar-refractivity contribution in [1.29, 1.82) is 0 Å². The number of rotatable bonds is 3. The Kier molecular flexibility index (Phi) is 3.06. The molecule has 0 aromatic heterocycles. The molecular weight excluding hydrogens is 240 g/mol. The van der Waals surface area contributed by atoms with Gasteiger partial charge in [0, 0.05) is 0 Å². The number of methoxy groups -OCH3 is 1. The highest BCUT2D eigenvalue weighted by Crippen LogP contribution is 2.21. The normalized spacial score (nSPS) is 15.9. The first-order chi connectivity index (χ1) is 8.05. The summed E-state index contributed by atoms with van der Waals surface area (Å²) in [6, 6.07) is 6.35. The van der Waals surface area contributed by atoms with Crippen LogP contribution in [0.2, 0.25) is 0 Å². The van der Waals surface area contributed by atoms with E-state index in [4.69, 9.17) is 4.74 Å². The van der Waals surface area contributed by atoms with E-state index in [1.54, 1.807) is 38.3 Å². The van der Waals surface area contributed by atoms with Crippen LogP contribution < -0.4 is 4.74 Å². The first-order valence-corrected chi connectivity index (χ1v) is 6.67. The predicted octanol–water partition coefficient (Wildman–Crippen LogP) is 1.12. The highest BCUT2D eigenvalue weighted by Gasteiger charge is 2.27. The monoisotopic (exact) mass is 254 g/mol. The average Bonchev–Trinajstić information content (AvgIpc) is 2.76. The smallest absolute Gasteiger partial charge is 0.265 e. The van der Waals surface area contributed by atoms with Gasteiger partial charge in [-0.3, -0.25) is 9.30 Å². The molecule has 0 fully saturated rings. The summed E-state index contributed by atoms with van der Waals surface area (Å²) in [5.41, 5.74) is 0. The van der Waals surface area contributed by atoms with Crippen molar-refractivity contribution >= 4 is 15.9 Å². The highest BCUT2D eigenvalue weighted by atomic mass is 32.2. The van der Waals surface area contributed by atoms with Crippen molar-refractivity contribution in [2.75, 3.05) is 20.2 Å². The molecule has 1 heterocycles. The van der Waals surface area contributed by atoms with Crippen molar-refractivity contribution in [3.05, 3.63) is 24.3 Å². The third-order valence-corrected chi connectivity index (χ3v) is 4.55. The third kappa shape index (κ3) is 2.12. The van der Waals surface area contributed by atoms with Crippen LogP contribution in [0.4, 0.5) is 0 Å². The number of benzene rings is 1. The molecule has 1 aliphatic rings. The molecule has 0 saturated carbocycles. The average molecular weight is 254 g/mol. The van der Waals surface area contributed by atoms with Gasteiger partial charge < -0.3 is 4.74 Å². The molecular formula is C11H14N2O3S. The molecule has 0 bridgehead atoms. The Bertz CT molecular complexity index is 534. The Morgan fingerprint density at radius 3 is 2.41 bits per heavy atom. The van der Waals surface area contributed by atoms with E-state index in [-0.39, 0.29) is 4.90 Å². The lowest BCUT2D eigenvalue weighted by Gasteiger charge is -2.18. The lowest BCUT2D eigenvalue weighted by molar-refractivity contribution is 0.414. The van der Waals surface area contributed by atoms with E-state index in [0.29, 0.717) is 24.7 Å². The van der Waals surface area contributed by atoms with Gasteiger partial charge in [-0.15, -0.1) is 0 Å². The minimum Gasteiger partial charge on any atom is -0.497 e. The fourth-order valence-corrected chi connectivity index (χ4v) is 3.17. The van der Waals surface area contributed by atoms with Crippen LogP contribution in [0, 0.1) is 0 Å². The van der Waals surface area contributed by atoms with E-state index in [0.717, 1.165) is 0 Å². The van der Waals surface area contributed by atoms with Crippen molar-refractivity contribution in [3.8, 4) is 5.75 Å².